The van der Waals surface area contributed by atoms with Gasteiger partial charge in [-0.2, -0.15) is 0 Å². The molecule has 1 heterocycles. The zero-order chi connectivity index (χ0) is 23.7. The van der Waals surface area contributed by atoms with Crippen LogP contribution in [0.3, 0.4) is 0 Å². The third-order valence-electron chi connectivity index (χ3n) is 11.1. The molecule has 8 atom stereocenters. The summed E-state index contributed by atoms with van der Waals surface area (Å²) in [4.78, 5) is 21.5. The Hall–Kier alpha value is -1.33. The highest BCUT2D eigenvalue weighted by molar-refractivity contribution is 7.99. The van der Waals surface area contributed by atoms with Crippen LogP contribution < -0.4 is 0 Å². The van der Waals surface area contributed by atoms with E-state index in [0.717, 1.165) is 47.3 Å². The van der Waals surface area contributed by atoms with Crippen molar-refractivity contribution in [2.24, 2.45) is 40.4 Å². The molecule has 4 aliphatic carbocycles. The summed E-state index contributed by atoms with van der Waals surface area (Å²) in [6.07, 6.45) is 10.4. The summed E-state index contributed by atoms with van der Waals surface area (Å²) in [6, 6.07) is 8.07. The lowest BCUT2D eigenvalue weighted by molar-refractivity contribution is -0.150. The molecule has 0 unspecified atom stereocenters. The van der Waals surface area contributed by atoms with Gasteiger partial charge in [-0.25, -0.2) is 4.98 Å². The molecule has 4 aliphatic rings. The molecule has 34 heavy (non-hydrogen) atoms. The van der Waals surface area contributed by atoms with Crippen molar-refractivity contribution in [3.63, 3.8) is 0 Å². The van der Waals surface area contributed by atoms with Crippen molar-refractivity contribution in [3.8, 4) is 0 Å². The van der Waals surface area contributed by atoms with Crippen LogP contribution in [-0.4, -0.2) is 32.2 Å². The van der Waals surface area contributed by atoms with E-state index in [2.05, 4.69) is 23.8 Å². The number of nitrogens with zero attached hydrogens (tertiary/aromatic N) is 1. The molecule has 5 heteroatoms. The molecule has 1 aromatic carbocycles. The van der Waals surface area contributed by atoms with Crippen LogP contribution >= 0.6 is 11.8 Å². The number of ketones is 1. The van der Waals surface area contributed by atoms with Gasteiger partial charge in [-0.15, -0.1) is 0 Å². The largest absolute Gasteiger partial charge is 0.390 e. The molecule has 2 aromatic rings. The summed E-state index contributed by atoms with van der Waals surface area (Å²) < 4.78 is 0. The SMILES string of the molecule is C[C@@]1(O)CC[C@@]2(C)[C@@H](CC[C@@H]3[C@@H]2CC[C@]2(C)[C@@H](C(=O)CSc4nc5ccccc5[nH]4)CC[C@@H]32)C1. The van der Waals surface area contributed by atoms with E-state index >= 15 is 0 Å². The second-order valence-corrected chi connectivity index (χ2v) is 13.8. The van der Waals surface area contributed by atoms with Gasteiger partial charge in [-0.1, -0.05) is 37.7 Å². The minimum absolute atomic E-state index is 0.163. The van der Waals surface area contributed by atoms with E-state index in [-0.39, 0.29) is 11.3 Å². The molecular formula is C29H40N2O2S. The molecule has 0 saturated heterocycles. The topological polar surface area (TPSA) is 66.0 Å². The average molecular weight is 481 g/mol. The van der Waals surface area contributed by atoms with Crippen molar-refractivity contribution < 1.29 is 9.90 Å². The predicted molar refractivity (Wildman–Crippen MR) is 138 cm³/mol. The van der Waals surface area contributed by atoms with Crippen LogP contribution in [0.4, 0.5) is 0 Å². The van der Waals surface area contributed by atoms with Gasteiger partial charge in [0, 0.05) is 5.92 Å². The maximum atomic E-state index is 13.5. The van der Waals surface area contributed by atoms with E-state index in [9.17, 15) is 9.90 Å². The number of nitrogens with one attached hydrogen (secondary N) is 1. The van der Waals surface area contributed by atoms with E-state index in [4.69, 9.17) is 0 Å². The molecule has 0 amide bonds. The Labute approximate surface area is 208 Å². The smallest absolute Gasteiger partial charge is 0.166 e. The minimum atomic E-state index is -0.470. The Balaban J connectivity index is 1.15. The van der Waals surface area contributed by atoms with E-state index in [1.54, 1.807) is 11.8 Å². The standard InChI is InChI=1S/C29H40N2O2S/c1-27(33)14-15-28(2)18(16-27)8-9-19-20-10-11-22(29(20,3)13-12-21(19)28)25(32)17-34-26-30-23-6-4-5-7-24(23)31-26/h4-7,18-22,33H,8-17H2,1-3H3,(H,30,31)/t18-,19-,20-,21-,22+,27+,28-,29-/m0/s1. The first-order chi connectivity index (χ1) is 16.2. The van der Waals surface area contributed by atoms with Gasteiger partial charge in [0.15, 0.2) is 5.16 Å². The molecule has 0 bridgehead atoms. The second kappa shape index (κ2) is 8.09. The summed E-state index contributed by atoms with van der Waals surface area (Å²) in [5.41, 5.74) is 2.08. The van der Waals surface area contributed by atoms with E-state index < -0.39 is 5.60 Å². The van der Waals surface area contributed by atoms with Gasteiger partial charge in [0.25, 0.3) is 0 Å². The van der Waals surface area contributed by atoms with Crippen molar-refractivity contribution in [2.75, 3.05) is 5.75 Å². The fourth-order valence-corrected chi connectivity index (χ4v) is 10.0. The third-order valence-corrected chi connectivity index (χ3v) is 12.0. The van der Waals surface area contributed by atoms with Crippen LogP contribution in [0.15, 0.2) is 29.4 Å². The normalized spacial score (nSPS) is 43.8. The number of para-hydroxylation sites is 2. The Kier molecular flexibility index (Phi) is 5.50. The summed E-state index contributed by atoms with van der Waals surface area (Å²) in [6.45, 7) is 7.05. The molecule has 0 radical (unpaired) electrons. The monoisotopic (exact) mass is 480 g/mol. The lowest BCUT2D eigenvalue weighted by atomic mass is 9.44. The lowest BCUT2D eigenvalue weighted by Gasteiger charge is -2.61. The molecule has 4 fully saturated rings. The summed E-state index contributed by atoms with van der Waals surface area (Å²) in [5.74, 6) is 4.06. The van der Waals surface area contributed by atoms with Gasteiger partial charge in [0.2, 0.25) is 0 Å². The first kappa shape index (κ1) is 23.1. The molecule has 4 nitrogen and oxygen atoms in total. The number of imidazole rings is 1. The van der Waals surface area contributed by atoms with Gasteiger partial charge in [-0.3, -0.25) is 4.79 Å². The number of Topliss-reactive ketones (excluding diaryl/α,β-unsaturated/α-hetero) is 1. The second-order valence-electron chi connectivity index (χ2n) is 12.8. The maximum Gasteiger partial charge on any atom is 0.166 e. The fraction of sp³-hybridized carbons (Fsp3) is 0.724. The number of H-pyrrole nitrogens is 1. The quantitative estimate of drug-likeness (QED) is 0.482. The number of aromatic amines is 1. The van der Waals surface area contributed by atoms with Gasteiger partial charge < -0.3 is 10.1 Å². The number of carbonyl (C=O) groups is 1. The molecule has 2 N–H and O–H groups in total. The zero-order valence-corrected chi connectivity index (χ0v) is 21.8. The lowest BCUT2D eigenvalue weighted by Crippen LogP contribution is -2.55. The van der Waals surface area contributed by atoms with Gasteiger partial charge in [0.1, 0.15) is 5.78 Å². The highest BCUT2D eigenvalue weighted by Crippen LogP contribution is 2.68. The number of carbonyl (C=O) groups excluding carboxylic acids is 1. The molecule has 6 rings (SSSR count). The number of hydrogen-bond acceptors (Lipinski definition) is 4. The van der Waals surface area contributed by atoms with E-state index in [1.165, 1.54) is 38.5 Å². The van der Waals surface area contributed by atoms with E-state index in [0.29, 0.717) is 28.8 Å². The third kappa shape index (κ3) is 3.59. The van der Waals surface area contributed by atoms with Crippen LogP contribution in [0.5, 0.6) is 0 Å². The van der Waals surface area contributed by atoms with Crippen molar-refractivity contribution in [1.29, 1.82) is 0 Å². The zero-order valence-electron chi connectivity index (χ0n) is 21.0. The van der Waals surface area contributed by atoms with E-state index in [1.807, 2.05) is 31.2 Å². The molecule has 0 spiro atoms. The summed E-state index contributed by atoms with van der Waals surface area (Å²) in [5, 5.41) is 11.6. The van der Waals surface area contributed by atoms with Crippen molar-refractivity contribution in [2.45, 2.75) is 89.3 Å². The Bertz CT molecular complexity index is 1060. The molecule has 184 valence electrons. The number of hydrogen-bond donors (Lipinski definition) is 2. The molecule has 0 aliphatic heterocycles. The van der Waals surface area contributed by atoms with Crippen LogP contribution in [0.2, 0.25) is 0 Å². The number of fused-ring (bicyclic) bond motifs is 6. The molecule has 1 aromatic heterocycles. The van der Waals surface area contributed by atoms with Crippen molar-refractivity contribution in [3.05, 3.63) is 24.3 Å². The van der Waals surface area contributed by atoms with Gasteiger partial charge in [0.05, 0.1) is 22.4 Å². The Morgan fingerprint density at radius 2 is 1.82 bits per heavy atom. The van der Waals surface area contributed by atoms with Crippen molar-refractivity contribution >= 4 is 28.6 Å². The highest BCUT2D eigenvalue weighted by atomic mass is 32.2. The molecular weight excluding hydrogens is 440 g/mol. The Morgan fingerprint density at radius 3 is 2.65 bits per heavy atom. The minimum Gasteiger partial charge on any atom is -0.390 e. The van der Waals surface area contributed by atoms with Crippen molar-refractivity contribution in [1.82, 2.24) is 9.97 Å². The van der Waals surface area contributed by atoms with Crippen LogP contribution in [-0.2, 0) is 4.79 Å². The number of benzene rings is 1. The fourth-order valence-electron chi connectivity index (χ4n) is 9.20. The summed E-state index contributed by atoms with van der Waals surface area (Å²) in [7, 11) is 0. The van der Waals surface area contributed by atoms with Crippen LogP contribution in [0.1, 0.15) is 78.6 Å². The van der Waals surface area contributed by atoms with Crippen LogP contribution in [0, 0.1) is 40.4 Å². The van der Waals surface area contributed by atoms with Gasteiger partial charge in [-0.05, 0) is 111 Å². The summed E-state index contributed by atoms with van der Waals surface area (Å²) >= 11 is 1.58. The number of rotatable bonds is 4. The maximum absolute atomic E-state index is 13.5. The Morgan fingerprint density at radius 1 is 1.03 bits per heavy atom. The first-order valence-corrected chi connectivity index (χ1v) is 14.5. The highest BCUT2D eigenvalue weighted by Gasteiger charge is 2.61. The van der Waals surface area contributed by atoms with Crippen LogP contribution in [0.25, 0.3) is 11.0 Å². The molecule has 4 saturated carbocycles. The van der Waals surface area contributed by atoms with Gasteiger partial charge >= 0.3 is 0 Å². The predicted octanol–water partition coefficient (Wildman–Crippen LogP) is 6.63. The number of aliphatic hydroxyl groups is 1. The first-order valence-electron chi connectivity index (χ1n) is 13.5. The average Bonchev–Trinajstić information content (AvgIpc) is 3.38. The number of thioether (sulfide) groups is 1. The number of aromatic nitrogens is 2.